The third-order valence-electron chi connectivity index (χ3n) is 4.45. The molecule has 6 heteroatoms. The predicted molar refractivity (Wildman–Crippen MR) is 96.0 cm³/mol. The Kier molecular flexibility index (Phi) is 5.39. The Balaban J connectivity index is 1.94. The molecule has 0 bridgehead atoms. The Hall–Kier alpha value is -1.92. The summed E-state index contributed by atoms with van der Waals surface area (Å²) >= 11 is 0. The topological polar surface area (TPSA) is 55.4 Å². The highest BCUT2D eigenvalue weighted by Crippen LogP contribution is 2.34. The molecule has 0 aromatic heterocycles. The number of benzene rings is 2. The molecule has 1 saturated heterocycles. The van der Waals surface area contributed by atoms with Crippen LogP contribution in [0.1, 0.15) is 12.8 Å². The SMILES string of the molecule is CS(=O)(=O)c1c(-c2ccccc2)ccc(OCC2CCNCC2)c1F. The molecule has 0 atom stereocenters. The van der Waals surface area contributed by atoms with Crippen molar-refractivity contribution in [3.8, 4) is 16.9 Å². The molecule has 3 rings (SSSR count). The van der Waals surface area contributed by atoms with Gasteiger partial charge in [-0.15, -0.1) is 0 Å². The van der Waals surface area contributed by atoms with Gasteiger partial charge in [0.2, 0.25) is 0 Å². The molecule has 1 aliphatic rings. The minimum atomic E-state index is -3.74. The van der Waals surface area contributed by atoms with Gasteiger partial charge < -0.3 is 10.1 Å². The number of halogens is 1. The van der Waals surface area contributed by atoms with Gasteiger partial charge >= 0.3 is 0 Å². The number of ether oxygens (including phenoxy) is 1. The lowest BCUT2D eigenvalue weighted by atomic mass is 9.99. The number of hydrogen-bond acceptors (Lipinski definition) is 4. The summed E-state index contributed by atoms with van der Waals surface area (Å²) < 4.78 is 45.0. The third-order valence-corrected chi connectivity index (χ3v) is 5.59. The summed E-state index contributed by atoms with van der Waals surface area (Å²) in [6, 6.07) is 12.1. The third kappa shape index (κ3) is 4.19. The standard InChI is InChI=1S/C19H22FNO3S/c1-25(22,23)19-16(15-5-3-2-4-6-15)7-8-17(18(19)20)24-13-14-9-11-21-12-10-14/h2-8,14,21H,9-13H2,1H3. The van der Waals surface area contributed by atoms with Crippen molar-refractivity contribution in [3.05, 3.63) is 48.3 Å². The zero-order chi connectivity index (χ0) is 17.9. The van der Waals surface area contributed by atoms with Crippen molar-refractivity contribution in [3.63, 3.8) is 0 Å². The molecule has 1 aliphatic heterocycles. The minimum Gasteiger partial charge on any atom is -0.490 e. The summed E-state index contributed by atoms with van der Waals surface area (Å²) in [5.41, 5.74) is 1.02. The zero-order valence-corrected chi connectivity index (χ0v) is 15.0. The molecule has 0 amide bonds. The van der Waals surface area contributed by atoms with Crippen molar-refractivity contribution in [1.82, 2.24) is 5.32 Å². The van der Waals surface area contributed by atoms with Crippen molar-refractivity contribution in [1.29, 1.82) is 0 Å². The van der Waals surface area contributed by atoms with E-state index >= 15 is 0 Å². The largest absolute Gasteiger partial charge is 0.490 e. The van der Waals surface area contributed by atoms with Crippen LogP contribution in [-0.4, -0.2) is 34.4 Å². The second-order valence-corrected chi connectivity index (χ2v) is 8.35. The van der Waals surface area contributed by atoms with Crippen LogP contribution in [0.3, 0.4) is 0 Å². The van der Waals surface area contributed by atoms with Gasteiger partial charge in [-0.25, -0.2) is 12.8 Å². The molecule has 1 heterocycles. The van der Waals surface area contributed by atoms with Crippen LogP contribution in [0.5, 0.6) is 5.75 Å². The quantitative estimate of drug-likeness (QED) is 0.886. The zero-order valence-electron chi connectivity index (χ0n) is 14.2. The molecule has 0 unspecified atom stereocenters. The fourth-order valence-electron chi connectivity index (χ4n) is 3.11. The van der Waals surface area contributed by atoms with Crippen molar-refractivity contribution >= 4 is 9.84 Å². The first-order valence-corrected chi connectivity index (χ1v) is 10.3. The molecule has 2 aromatic rings. The maximum Gasteiger partial charge on any atom is 0.184 e. The molecule has 25 heavy (non-hydrogen) atoms. The molecule has 2 aromatic carbocycles. The first-order valence-electron chi connectivity index (χ1n) is 8.38. The molecular formula is C19H22FNO3S. The first kappa shape index (κ1) is 17.9. The summed E-state index contributed by atoms with van der Waals surface area (Å²) in [5, 5.41) is 3.27. The van der Waals surface area contributed by atoms with Gasteiger partial charge in [0.25, 0.3) is 0 Å². The lowest BCUT2D eigenvalue weighted by molar-refractivity contribution is 0.207. The Labute approximate surface area is 147 Å². The smallest absolute Gasteiger partial charge is 0.184 e. The van der Waals surface area contributed by atoms with E-state index in [-0.39, 0.29) is 10.6 Å². The number of nitrogens with one attached hydrogen (secondary N) is 1. The fraction of sp³-hybridized carbons (Fsp3) is 0.368. The van der Waals surface area contributed by atoms with E-state index in [9.17, 15) is 12.8 Å². The molecule has 0 spiro atoms. The average Bonchev–Trinajstić information content (AvgIpc) is 2.61. The maximum atomic E-state index is 15.0. The lowest BCUT2D eigenvalue weighted by Crippen LogP contribution is -2.30. The van der Waals surface area contributed by atoms with Crippen LogP contribution in [0.4, 0.5) is 4.39 Å². The molecule has 134 valence electrons. The van der Waals surface area contributed by atoms with E-state index in [1.165, 1.54) is 6.07 Å². The van der Waals surface area contributed by atoms with Gasteiger partial charge in [0.05, 0.1) is 6.61 Å². The van der Waals surface area contributed by atoms with Crippen molar-refractivity contribution in [2.75, 3.05) is 26.0 Å². The number of hydrogen-bond donors (Lipinski definition) is 1. The summed E-state index contributed by atoms with van der Waals surface area (Å²) in [6.07, 6.45) is 2.97. The van der Waals surface area contributed by atoms with Crippen LogP contribution >= 0.6 is 0 Å². The van der Waals surface area contributed by atoms with Gasteiger partial charge in [-0.3, -0.25) is 0 Å². The van der Waals surface area contributed by atoms with Crippen LogP contribution < -0.4 is 10.1 Å². The fourth-order valence-corrected chi connectivity index (χ4v) is 4.12. The van der Waals surface area contributed by atoms with Gasteiger partial charge in [0.1, 0.15) is 4.90 Å². The van der Waals surface area contributed by atoms with E-state index in [1.807, 2.05) is 6.07 Å². The average molecular weight is 363 g/mol. The van der Waals surface area contributed by atoms with Gasteiger partial charge in [-0.05, 0) is 49.5 Å². The van der Waals surface area contributed by atoms with Crippen LogP contribution in [0.15, 0.2) is 47.4 Å². The Morgan fingerprint density at radius 2 is 1.80 bits per heavy atom. The Morgan fingerprint density at radius 1 is 1.12 bits per heavy atom. The van der Waals surface area contributed by atoms with Gasteiger partial charge in [-0.2, -0.15) is 0 Å². The highest BCUT2D eigenvalue weighted by atomic mass is 32.2. The van der Waals surface area contributed by atoms with E-state index in [0.29, 0.717) is 23.7 Å². The number of rotatable bonds is 5. The number of piperidine rings is 1. The monoisotopic (exact) mass is 363 g/mol. The van der Waals surface area contributed by atoms with Gasteiger partial charge in [0, 0.05) is 11.8 Å². The molecule has 0 aliphatic carbocycles. The molecular weight excluding hydrogens is 341 g/mol. The second-order valence-electron chi connectivity index (χ2n) is 6.40. The van der Waals surface area contributed by atoms with E-state index in [2.05, 4.69) is 5.32 Å². The summed E-state index contributed by atoms with van der Waals surface area (Å²) in [5.74, 6) is -0.451. The molecule has 0 saturated carbocycles. The van der Waals surface area contributed by atoms with Crippen LogP contribution in [0.2, 0.25) is 0 Å². The first-order chi connectivity index (χ1) is 12.0. The van der Waals surface area contributed by atoms with E-state index in [1.54, 1.807) is 30.3 Å². The van der Waals surface area contributed by atoms with Crippen LogP contribution in [-0.2, 0) is 9.84 Å². The van der Waals surface area contributed by atoms with Crippen LogP contribution in [0.25, 0.3) is 11.1 Å². The number of sulfone groups is 1. The molecule has 1 fully saturated rings. The Morgan fingerprint density at radius 3 is 2.44 bits per heavy atom. The van der Waals surface area contributed by atoms with Crippen molar-refractivity contribution < 1.29 is 17.5 Å². The molecule has 0 radical (unpaired) electrons. The minimum absolute atomic E-state index is 0.00126. The Bertz CT molecular complexity index is 831. The summed E-state index contributed by atoms with van der Waals surface area (Å²) in [7, 11) is -3.74. The van der Waals surface area contributed by atoms with Gasteiger partial charge in [0.15, 0.2) is 21.4 Å². The van der Waals surface area contributed by atoms with Crippen LogP contribution in [0, 0.1) is 11.7 Å². The van der Waals surface area contributed by atoms with Crippen molar-refractivity contribution in [2.45, 2.75) is 17.7 Å². The van der Waals surface area contributed by atoms with Gasteiger partial charge in [-0.1, -0.05) is 30.3 Å². The highest BCUT2D eigenvalue weighted by molar-refractivity contribution is 7.90. The highest BCUT2D eigenvalue weighted by Gasteiger charge is 2.24. The van der Waals surface area contributed by atoms with E-state index < -0.39 is 15.7 Å². The van der Waals surface area contributed by atoms with E-state index in [0.717, 1.165) is 32.2 Å². The summed E-state index contributed by atoms with van der Waals surface area (Å²) in [6.45, 7) is 2.25. The summed E-state index contributed by atoms with van der Waals surface area (Å²) in [4.78, 5) is -0.304. The molecule has 1 N–H and O–H groups in total. The maximum absolute atomic E-state index is 15.0. The lowest BCUT2D eigenvalue weighted by Gasteiger charge is -2.23. The molecule has 4 nitrogen and oxygen atoms in total. The second kappa shape index (κ2) is 7.54. The van der Waals surface area contributed by atoms with E-state index in [4.69, 9.17) is 4.74 Å². The normalized spacial score (nSPS) is 15.9. The van der Waals surface area contributed by atoms with Crippen molar-refractivity contribution in [2.24, 2.45) is 5.92 Å². The predicted octanol–water partition coefficient (Wildman–Crippen LogP) is 3.27.